The van der Waals surface area contributed by atoms with E-state index in [1.807, 2.05) is 13.8 Å². The molecule has 3 atom stereocenters. The topological polar surface area (TPSA) is 51.2 Å². The average molecular weight is 188 g/mol. The second-order valence-corrected chi connectivity index (χ2v) is 4.13. The standard InChI is InChI=1S/C9H16O4/c1-9(2)12-5-8(13-9)7(10)3-6-4-11-6/h6-8,10H,3-5H2,1-2H3. The zero-order valence-corrected chi connectivity index (χ0v) is 8.03. The summed E-state index contributed by atoms with van der Waals surface area (Å²) in [6, 6.07) is 0. The quantitative estimate of drug-likeness (QED) is 0.647. The summed E-state index contributed by atoms with van der Waals surface area (Å²) in [7, 11) is 0. The third-order valence-corrected chi connectivity index (χ3v) is 2.37. The van der Waals surface area contributed by atoms with E-state index in [0.717, 1.165) is 6.61 Å². The predicted octanol–water partition coefficient (Wildman–Crippen LogP) is 0.288. The van der Waals surface area contributed by atoms with Crippen molar-refractivity contribution in [1.82, 2.24) is 0 Å². The Hall–Kier alpha value is -0.160. The lowest BCUT2D eigenvalue weighted by Gasteiger charge is -2.19. The summed E-state index contributed by atoms with van der Waals surface area (Å²) in [5, 5.41) is 9.71. The maximum Gasteiger partial charge on any atom is 0.163 e. The zero-order valence-electron chi connectivity index (χ0n) is 8.03. The number of rotatable bonds is 3. The van der Waals surface area contributed by atoms with Crippen LogP contribution in [-0.2, 0) is 14.2 Å². The van der Waals surface area contributed by atoms with Crippen molar-refractivity contribution in [2.24, 2.45) is 0 Å². The van der Waals surface area contributed by atoms with E-state index in [1.165, 1.54) is 0 Å². The van der Waals surface area contributed by atoms with Gasteiger partial charge in [0.2, 0.25) is 0 Å². The summed E-state index contributed by atoms with van der Waals surface area (Å²) in [6.45, 7) is 4.95. The van der Waals surface area contributed by atoms with Crippen LogP contribution in [0.3, 0.4) is 0 Å². The van der Waals surface area contributed by atoms with Crippen LogP contribution in [0.15, 0.2) is 0 Å². The molecular formula is C9H16O4. The van der Waals surface area contributed by atoms with Crippen molar-refractivity contribution in [3.63, 3.8) is 0 Å². The molecule has 0 aromatic heterocycles. The number of hydrogen-bond donors (Lipinski definition) is 1. The highest BCUT2D eigenvalue weighted by Crippen LogP contribution is 2.27. The van der Waals surface area contributed by atoms with Crippen molar-refractivity contribution < 1.29 is 19.3 Å². The minimum absolute atomic E-state index is 0.195. The summed E-state index contributed by atoms with van der Waals surface area (Å²) in [6.07, 6.45) is 0.236. The van der Waals surface area contributed by atoms with Crippen LogP contribution in [0.2, 0.25) is 0 Å². The molecule has 2 rings (SSSR count). The van der Waals surface area contributed by atoms with Gasteiger partial charge in [-0.15, -0.1) is 0 Å². The van der Waals surface area contributed by atoms with E-state index in [-0.39, 0.29) is 12.2 Å². The van der Waals surface area contributed by atoms with Crippen LogP contribution >= 0.6 is 0 Å². The minimum atomic E-state index is -0.546. The van der Waals surface area contributed by atoms with Gasteiger partial charge in [-0.05, 0) is 13.8 Å². The predicted molar refractivity (Wildman–Crippen MR) is 45.3 cm³/mol. The Labute approximate surface area is 77.8 Å². The number of ether oxygens (including phenoxy) is 3. The highest BCUT2D eigenvalue weighted by molar-refractivity contribution is 4.82. The van der Waals surface area contributed by atoms with Gasteiger partial charge >= 0.3 is 0 Å². The van der Waals surface area contributed by atoms with Crippen molar-refractivity contribution in [2.45, 2.75) is 44.4 Å². The Morgan fingerprint density at radius 2 is 2.15 bits per heavy atom. The summed E-state index contributed by atoms with van der Waals surface area (Å²) in [5.74, 6) is -0.546. The Bertz CT molecular complexity index is 188. The number of aliphatic hydroxyl groups is 1. The molecule has 4 nitrogen and oxygen atoms in total. The molecule has 0 saturated carbocycles. The maximum atomic E-state index is 9.71. The van der Waals surface area contributed by atoms with Gasteiger partial charge in [0.05, 0.1) is 25.4 Å². The SMILES string of the molecule is CC1(C)OCC(C(O)CC2CO2)O1. The normalized spacial score (nSPS) is 39.0. The van der Waals surface area contributed by atoms with E-state index in [9.17, 15) is 5.11 Å². The molecule has 3 unspecified atom stereocenters. The van der Waals surface area contributed by atoms with Crippen molar-refractivity contribution in [1.29, 1.82) is 0 Å². The zero-order chi connectivity index (χ0) is 9.47. The highest BCUT2D eigenvalue weighted by Gasteiger charge is 2.39. The first-order valence-corrected chi connectivity index (χ1v) is 4.68. The largest absolute Gasteiger partial charge is 0.390 e. The first-order chi connectivity index (χ1) is 6.07. The minimum Gasteiger partial charge on any atom is -0.390 e. The van der Waals surface area contributed by atoms with Gasteiger partial charge in [0.15, 0.2) is 5.79 Å². The first-order valence-electron chi connectivity index (χ1n) is 4.68. The Balaban J connectivity index is 1.80. The van der Waals surface area contributed by atoms with Gasteiger partial charge in [0, 0.05) is 6.42 Å². The van der Waals surface area contributed by atoms with Crippen molar-refractivity contribution in [3.05, 3.63) is 0 Å². The smallest absolute Gasteiger partial charge is 0.163 e. The summed E-state index contributed by atoms with van der Waals surface area (Å²) < 4.78 is 15.9. The number of epoxide rings is 1. The molecule has 13 heavy (non-hydrogen) atoms. The number of hydrogen-bond acceptors (Lipinski definition) is 4. The molecule has 0 amide bonds. The van der Waals surface area contributed by atoms with Crippen LogP contribution in [0.25, 0.3) is 0 Å². The fourth-order valence-electron chi connectivity index (χ4n) is 1.53. The molecule has 0 radical (unpaired) electrons. The molecule has 4 heteroatoms. The van der Waals surface area contributed by atoms with Gasteiger partial charge in [0.1, 0.15) is 6.10 Å². The summed E-state index contributed by atoms with van der Waals surface area (Å²) >= 11 is 0. The average Bonchev–Trinajstić information content (AvgIpc) is 2.75. The van der Waals surface area contributed by atoms with Crippen LogP contribution in [0.1, 0.15) is 20.3 Å². The Morgan fingerprint density at radius 3 is 2.62 bits per heavy atom. The van der Waals surface area contributed by atoms with E-state index >= 15 is 0 Å². The lowest BCUT2D eigenvalue weighted by Crippen LogP contribution is -2.31. The molecule has 1 N–H and O–H groups in total. The van der Waals surface area contributed by atoms with Gasteiger partial charge in [-0.3, -0.25) is 0 Å². The molecule has 0 aliphatic carbocycles. The molecule has 0 aromatic rings. The molecule has 0 aromatic carbocycles. The second kappa shape index (κ2) is 3.20. The van der Waals surface area contributed by atoms with Crippen LogP contribution in [0, 0.1) is 0 Å². The van der Waals surface area contributed by atoms with Gasteiger partial charge in [-0.2, -0.15) is 0 Å². The van der Waals surface area contributed by atoms with E-state index in [0.29, 0.717) is 13.0 Å². The fourth-order valence-corrected chi connectivity index (χ4v) is 1.53. The lowest BCUT2D eigenvalue weighted by molar-refractivity contribution is -0.151. The van der Waals surface area contributed by atoms with Crippen LogP contribution in [0.4, 0.5) is 0 Å². The molecule has 2 heterocycles. The van der Waals surface area contributed by atoms with Crippen molar-refractivity contribution >= 4 is 0 Å². The van der Waals surface area contributed by atoms with E-state index < -0.39 is 11.9 Å². The molecule has 2 saturated heterocycles. The van der Waals surface area contributed by atoms with E-state index in [2.05, 4.69) is 0 Å². The fraction of sp³-hybridized carbons (Fsp3) is 1.00. The monoisotopic (exact) mass is 188 g/mol. The van der Waals surface area contributed by atoms with Crippen molar-refractivity contribution in [2.75, 3.05) is 13.2 Å². The van der Waals surface area contributed by atoms with Gasteiger partial charge in [-0.25, -0.2) is 0 Å². The molecule has 2 aliphatic heterocycles. The van der Waals surface area contributed by atoms with E-state index in [1.54, 1.807) is 0 Å². The summed E-state index contributed by atoms with van der Waals surface area (Å²) in [4.78, 5) is 0. The van der Waals surface area contributed by atoms with E-state index in [4.69, 9.17) is 14.2 Å². The van der Waals surface area contributed by atoms with Gasteiger partial charge in [-0.1, -0.05) is 0 Å². The first kappa shape index (κ1) is 9.40. The highest BCUT2D eigenvalue weighted by atomic mass is 16.7. The van der Waals surface area contributed by atoms with Crippen LogP contribution in [-0.4, -0.2) is 42.4 Å². The molecule has 0 bridgehead atoms. The summed E-state index contributed by atoms with van der Waals surface area (Å²) in [5.41, 5.74) is 0. The van der Waals surface area contributed by atoms with Crippen LogP contribution < -0.4 is 0 Å². The maximum absolute atomic E-state index is 9.71. The Kier molecular flexibility index (Phi) is 2.32. The number of aliphatic hydroxyl groups excluding tert-OH is 1. The van der Waals surface area contributed by atoms with Crippen molar-refractivity contribution in [3.8, 4) is 0 Å². The molecule has 0 spiro atoms. The molecule has 2 fully saturated rings. The lowest BCUT2D eigenvalue weighted by atomic mass is 10.1. The van der Waals surface area contributed by atoms with Crippen LogP contribution in [0.5, 0.6) is 0 Å². The third-order valence-electron chi connectivity index (χ3n) is 2.37. The van der Waals surface area contributed by atoms with Gasteiger partial charge in [0.25, 0.3) is 0 Å². The molecule has 2 aliphatic rings. The molecule has 76 valence electrons. The third kappa shape index (κ3) is 2.40. The second-order valence-electron chi connectivity index (χ2n) is 4.13. The van der Waals surface area contributed by atoms with Gasteiger partial charge < -0.3 is 19.3 Å². The Morgan fingerprint density at radius 1 is 1.46 bits per heavy atom. The molecular weight excluding hydrogens is 172 g/mol.